The van der Waals surface area contributed by atoms with Gasteiger partial charge in [-0.2, -0.15) is 0 Å². The van der Waals surface area contributed by atoms with Gasteiger partial charge in [0.15, 0.2) is 0 Å². The van der Waals surface area contributed by atoms with Crippen LogP contribution >= 0.6 is 0 Å². The molecule has 18 heavy (non-hydrogen) atoms. The van der Waals surface area contributed by atoms with Crippen LogP contribution in [0.1, 0.15) is 29.9 Å². The zero-order valence-corrected chi connectivity index (χ0v) is 11.0. The molecular weight excluding hydrogens is 222 g/mol. The molecule has 0 aliphatic heterocycles. The van der Waals surface area contributed by atoms with Crippen LogP contribution in [0.3, 0.4) is 0 Å². The zero-order chi connectivity index (χ0) is 12.6. The molecule has 0 amide bonds. The smallest absolute Gasteiger partial charge is 0.117 e. The second-order valence-corrected chi connectivity index (χ2v) is 4.63. The molecule has 2 heteroatoms. The average Bonchev–Trinajstić information content (AvgIpc) is 2.81. The molecule has 2 rings (SSSR count). The second kappa shape index (κ2) is 7.02. The third-order valence-corrected chi connectivity index (χ3v) is 3.01. The Morgan fingerprint density at radius 1 is 1.00 bits per heavy atom. The Hall–Kier alpha value is -1.54. The number of hydrogen-bond acceptors (Lipinski definition) is 2. The van der Waals surface area contributed by atoms with E-state index in [2.05, 4.69) is 35.6 Å². The minimum absolute atomic E-state index is 0.833. The van der Waals surface area contributed by atoms with Crippen LogP contribution in [-0.2, 0) is 13.0 Å². The fourth-order valence-electron chi connectivity index (χ4n) is 2.02. The Morgan fingerprint density at radius 2 is 1.83 bits per heavy atom. The van der Waals surface area contributed by atoms with E-state index in [0.29, 0.717) is 0 Å². The SMILES string of the molecule is Cc1ccc(CNCCCCc2ccccc2)o1. The molecule has 0 fully saturated rings. The van der Waals surface area contributed by atoms with Crippen LogP contribution < -0.4 is 5.32 Å². The van der Waals surface area contributed by atoms with E-state index < -0.39 is 0 Å². The number of aryl methyl sites for hydroxylation is 2. The molecule has 0 saturated carbocycles. The van der Waals surface area contributed by atoms with Crippen LogP contribution in [0.25, 0.3) is 0 Å². The Balaban J connectivity index is 1.54. The van der Waals surface area contributed by atoms with Gasteiger partial charge in [-0.05, 0) is 50.4 Å². The van der Waals surface area contributed by atoms with Crippen molar-refractivity contribution >= 4 is 0 Å². The van der Waals surface area contributed by atoms with Gasteiger partial charge >= 0.3 is 0 Å². The minimum atomic E-state index is 0.833. The first-order chi connectivity index (χ1) is 8.84. The molecule has 96 valence electrons. The van der Waals surface area contributed by atoms with Crippen molar-refractivity contribution in [3.05, 3.63) is 59.5 Å². The summed E-state index contributed by atoms with van der Waals surface area (Å²) in [4.78, 5) is 0. The summed E-state index contributed by atoms with van der Waals surface area (Å²) in [6.45, 7) is 3.86. The van der Waals surface area contributed by atoms with E-state index in [1.54, 1.807) is 0 Å². The Bertz CT molecular complexity index is 447. The second-order valence-electron chi connectivity index (χ2n) is 4.63. The number of benzene rings is 1. The normalized spacial score (nSPS) is 10.7. The lowest BCUT2D eigenvalue weighted by molar-refractivity contribution is 0.459. The molecule has 0 atom stereocenters. The maximum Gasteiger partial charge on any atom is 0.117 e. The Labute approximate surface area is 109 Å². The van der Waals surface area contributed by atoms with Gasteiger partial charge in [-0.1, -0.05) is 30.3 Å². The lowest BCUT2D eigenvalue weighted by atomic mass is 10.1. The third kappa shape index (κ3) is 4.38. The van der Waals surface area contributed by atoms with E-state index in [1.807, 2.05) is 19.1 Å². The summed E-state index contributed by atoms with van der Waals surface area (Å²) in [6.07, 6.45) is 3.60. The van der Waals surface area contributed by atoms with Crippen LogP contribution in [0.5, 0.6) is 0 Å². The van der Waals surface area contributed by atoms with Gasteiger partial charge < -0.3 is 9.73 Å². The number of rotatable bonds is 7. The average molecular weight is 243 g/mol. The molecule has 1 aromatic carbocycles. The predicted molar refractivity (Wildman–Crippen MR) is 74.5 cm³/mol. The zero-order valence-electron chi connectivity index (χ0n) is 11.0. The monoisotopic (exact) mass is 243 g/mol. The van der Waals surface area contributed by atoms with Crippen molar-refractivity contribution in [1.82, 2.24) is 5.32 Å². The summed E-state index contributed by atoms with van der Waals surface area (Å²) in [5, 5.41) is 3.41. The van der Waals surface area contributed by atoms with Crippen molar-refractivity contribution in [2.75, 3.05) is 6.54 Å². The van der Waals surface area contributed by atoms with Crippen molar-refractivity contribution in [1.29, 1.82) is 0 Å². The standard InChI is InChI=1S/C16H21NO/c1-14-10-11-16(18-14)13-17-12-6-5-9-15-7-3-2-4-8-15/h2-4,7-8,10-11,17H,5-6,9,12-13H2,1H3. The molecule has 1 heterocycles. The van der Waals surface area contributed by atoms with Crippen molar-refractivity contribution in [2.24, 2.45) is 0 Å². The van der Waals surface area contributed by atoms with Crippen molar-refractivity contribution in [3.8, 4) is 0 Å². The first-order valence-electron chi connectivity index (χ1n) is 6.64. The number of unbranched alkanes of at least 4 members (excludes halogenated alkanes) is 1. The van der Waals surface area contributed by atoms with Crippen LogP contribution in [0.2, 0.25) is 0 Å². The van der Waals surface area contributed by atoms with Gasteiger partial charge in [0.2, 0.25) is 0 Å². The van der Waals surface area contributed by atoms with Gasteiger partial charge in [-0.15, -0.1) is 0 Å². The highest BCUT2D eigenvalue weighted by Crippen LogP contribution is 2.06. The van der Waals surface area contributed by atoms with Crippen LogP contribution in [0, 0.1) is 6.92 Å². The Morgan fingerprint density at radius 3 is 2.56 bits per heavy atom. The molecule has 0 bridgehead atoms. The van der Waals surface area contributed by atoms with Gasteiger partial charge in [0.05, 0.1) is 6.54 Å². The van der Waals surface area contributed by atoms with Gasteiger partial charge in [-0.25, -0.2) is 0 Å². The third-order valence-electron chi connectivity index (χ3n) is 3.01. The summed E-state index contributed by atoms with van der Waals surface area (Å²) >= 11 is 0. The summed E-state index contributed by atoms with van der Waals surface area (Å²) in [5.74, 6) is 2.01. The van der Waals surface area contributed by atoms with Crippen molar-refractivity contribution in [3.63, 3.8) is 0 Å². The summed E-state index contributed by atoms with van der Waals surface area (Å²) < 4.78 is 5.50. The summed E-state index contributed by atoms with van der Waals surface area (Å²) in [6, 6.07) is 14.7. The van der Waals surface area contributed by atoms with Crippen LogP contribution in [-0.4, -0.2) is 6.54 Å². The highest BCUT2D eigenvalue weighted by Gasteiger charge is 1.97. The highest BCUT2D eigenvalue weighted by molar-refractivity contribution is 5.14. The molecular formula is C16H21NO. The first kappa shape index (κ1) is 12.9. The number of hydrogen-bond donors (Lipinski definition) is 1. The molecule has 0 spiro atoms. The fraction of sp³-hybridized carbons (Fsp3) is 0.375. The van der Waals surface area contributed by atoms with E-state index in [9.17, 15) is 0 Å². The minimum Gasteiger partial charge on any atom is -0.465 e. The van der Waals surface area contributed by atoms with Crippen LogP contribution in [0.4, 0.5) is 0 Å². The summed E-state index contributed by atoms with van der Waals surface area (Å²) in [5.41, 5.74) is 1.43. The topological polar surface area (TPSA) is 25.2 Å². The van der Waals surface area contributed by atoms with E-state index in [0.717, 1.165) is 24.6 Å². The molecule has 0 aliphatic rings. The van der Waals surface area contributed by atoms with Crippen LogP contribution in [0.15, 0.2) is 46.9 Å². The molecule has 2 nitrogen and oxygen atoms in total. The molecule has 0 saturated heterocycles. The number of furan rings is 1. The van der Waals surface area contributed by atoms with E-state index in [4.69, 9.17) is 4.42 Å². The van der Waals surface area contributed by atoms with Gasteiger partial charge in [0.1, 0.15) is 11.5 Å². The van der Waals surface area contributed by atoms with Crippen molar-refractivity contribution in [2.45, 2.75) is 32.7 Å². The molecule has 0 unspecified atom stereocenters. The fourth-order valence-corrected chi connectivity index (χ4v) is 2.02. The van der Waals surface area contributed by atoms with Gasteiger partial charge in [0, 0.05) is 0 Å². The van der Waals surface area contributed by atoms with Gasteiger partial charge in [0.25, 0.3) is 0 Å². The highest BCUT2D eigenvalue weighted by atomic mass is 16.3. The Kier molecular flexibility index (Phi) is 5.03. The molecule has 0 radical (unpaired) electrons. The molecule has 1 N–H and O–H groups in total. The largest absolute Gasteiger partial charge is 0.465 e. The summed E-state index contributed by atoms with van der Waals surface area (Å²) in [7, 11) is 0. The molecule has 0 aliphatic carbocycles. The quantitative estimate of drug-likeness (QED) is 0.750. The van der Waals surface area contributed by atoms with E-state index in [-0.39, 0.29) is 0 Å². The maximum absolute atomic E-state index is 5.50. The lowest BCUT2D eigenvalue weighted by Crippen LogP contribution is -2.14. The lowest BCUT2D eigenvalue weighted by Gasteiger charge is -2.03. The maximum atomic E-state index is 5.50. The first-order valence-corrected chi connectivity index (χ1v) is 6.64. The van der Waals surface area contributed by atoms with E-state index >= 15 is 0 Å². The molecule has 1 aromatic heterocycles. The van der Waals surface area contributed by atoms with E-state index in [1.165, 1.54) is 24.8 Å². The number of nitrogens with one attached hydrogen (secondary N) is 1. The van der Waals surface area contributed by atoms with Gasteiger partial charge in [-0.3, -0.25) is 0 Å². The van der Waals surface area contributed by atoms with Crippen molar-refractivity contribution < 1.29 is 4.42 Å². The molecule has 2 aromatic rings. The predicted octanol–water partition coefficient (Wildman–Crippen LogP) is 3.70.